The normalized spacial score (nSPS) is 28.8. The lowest BCUT2D eigenvalue weighted by molar-refractivity contribution is -0.142. The Bertz CT molecular complexity index is 1050. The number of hydrogen-bond donors (Lipinski definition) is 2. The van der Waals surface area contributed by atoms with Gasteiger partial charge in [-0.25, -0.2) is 4.98 Å². The first kappa shape index (κ1) is 24.7. The van der Waals surface area contributed by atoms with Gasteiger partial charge in [0.15, 0.2) is 5.13 Å². The zero-order chi connectivity index (χ0) is 24.5. The summed E-state index contributed by atoms with van der Waals surface area (Å²) in [5, 5.41) is 16.0. The van der Waals surface area contributed by atoms with Gasteiger partial charge < -0.3 is 15.3 Å². The lowest BCUT2D eigenvalue weighted by Crippen LogP contribution is -2.53. The van der Waals surface area contributed by atoms with E-state index >= 15 is 0 Å². The highest BCUT2D eigenvalue weighted by Crippen LogP contribution is 2.57. The second-order valence-electron chi connectivity index (χ2n) is 10.4. The predicted octanol–water partition coefficient (Wildman–Crippen LogP) is 3.97. The highest BCUT2D eigenvalue weighted by Gasteiger charge is 2.54. The molecule has 1 saturated carbocycles. The summed E-state index contributed by atoms with van der Waals surface area (Å²) in [6.45, 7) is 7.52. The molecule has 0 spiro atoms. The minimum Gasteiger partial charge on any atom is -0.392 e. The van der Waals surface area contributed by atoms with Crippen molar-refractivity contribution in [3.63, 3.8) is 0 Å². The topological polar surface area (TPSA) is 78.4 Å². The van der Waals surface area contributed by atoms with Crippen LogP contribution >= 0.6 is 11.3 Å². The fraction of sp³-hybridized carbons (Fsp3) is 0.593. The molecule has 2 heterocycles. The van der Waals surface area contributed by atoms with Gasteiger partial charge in [0, 0.05) is 48.6 Å². The number of nitrogens with one attached hydrogen (secondary N) is 1. The van der Waals surface area contributed by atoms with Crippen molar-refractivity contribution in [2.24, 2.45) is 23.2 Å². The number of hydrogen-bond acceptors (Lipinski definition) is 6. The van der Waals surface area contributed by atoms with Gasteiger partial charge in [-0.2, -0.15) is 0 Å². The summed E-state index contributed by atoms with van der Waals surface area (Å²) >= 11 is 1.75. The third-order valence-corrected chi connectivity index (χ3v) is 9.07. The fourth-order valence-corrected chi connectivity index (χ4v) is 7.50. The molecule has 4 rings (SSSR count). The average molecular weight is 481 g/mol. The van der Waals surface area contributed by atoms with Gasteiger partial charge in [-0.15, -0.1) is 17.8 Å². The summed E-state index contributed by atoms with van der Waals surface area (Å²) < 4.78 is 0. The van der Waals surface area contributed by atoms with E-state index in [9.17, 15) is 9.90 Å². The van der Waals surface area contributed by atoms with Crippen LogP contribution in [0.3, 0.4) is 0 Å². The van der Waals surface area contributed by atoms with Crippen LogP contribution in [0.25, 0.3) is 0 Å². The molecule has 0 aromatic carbocycles. The van der Waals surface area contributed by atoms with E-state index < -0.39 is 6.10 Å². The van der Waals surface area contributed by atoms with Gasteiger partial charge >= 0.3 is 0 Å². The zero-order valence-corrected chi connectivity index (χ0v) is 21.4. The summed E-state index contributed by atoms with van der Waals surface area (Å²) in [5.74, 6) is 2.45. The van der Waals surface area contributed by atoms with Gasteiger partial charge in [0.05, 0.1) is 18.3 Å². The number of carbonyl (C=O) groups is 1. The van der Waals surface area contributed by atoms with E-state index in [4.69, 9.17) is 11.4 Å². The van der Waals surface area contributed by atoms with Gasteiger partial charge in [-0.05, 0) is 48.6 Å². The highest BCUT2D eigenvalue weighted by molar-refractivity contribution is 7.15. The molecule has 2 aromatic rings. The third kappa shape index (κ3) is 4.71. The van der Waals surface area contributed by atoms with Crippen molar-refractivity contribution in [2.45, 2.75) is 58.5 Å². The number of aromatic nitrogens is 2. The number of terminal acetylenes is 1. The minimum absolute atomic E-state index is 0.00752. The monoisotopic (exact) mass is 480 g/mol. The van der Waals surface area contributed by atoms with E-state index in [1.807, 2.05) is 31.3 Å². The Morgan fingerprint density at radius 2 is 2.26 bits per heavy atom. The molecule has 34 heavy (non-hydrogen) atoms. The van der Waals surface area contributed by atoms with Gasteiger partial charge in [0.1, 0.15) is 0 Å². The lowest BCUT2D eigenvalue weighted by Gasteiger charge is -2.53. The van der Waals surface area contributed by atoms with Gasteiger partial charge in [-0.1, -0.05) is 32.8 Å². The fourth-order valence-electron chi connectivity index (χ4n) is 6.21. The molecule has 2 aliphatic rings. The maximum Gasteiger partial charge on any atom is 0.226 e. The maximum absolute atomic E-state index is 12.9. The average Bonchev–Trinajstić information content (AvgIpc) is 3.21. The molecule has 182 valence electrons. The molecule has 0 radical (unpaired) electrons. The number of nitrogens with zero attached hydrogens (tertiary/aromatic N) is 3. The Kier molecular flexibility index (Phi) is 7.30. The lowest BCUT2D eigenvalue weighted by atomic mass is 9.53. The van der Waals surface area contributed by atoms with E-state index in [2.05, 4.69) is 30.1 Å². The summed E-state index contributed by atoms with van der Waals surface area (Å²) in [5.41, 5.74) is 2.18. The number of thiazole rings is 1. The number of amides is 1. The molecule has 0 aliphatic heterocycles. The number of aliphatic hydroxyl groups is 1. The van der Waals surface area contributed by atoms with E-state index in [1.54, 1.807) is 23.3 Å². The van der Waals surface area contributed by atoms with Crippen LogP contribution in [-0.4, -0.2) is 52.1 Å². The van der Waals surface area contributed by atoms with Crippen molar-refractivity contribution >= 4 is 22.4 Å². The van der Waals surface area contributed by atoms with Crippen molar-refractivity contribution < 1.29 is 9.90 Å². The molecule has 0 bridgehead atoms. The van der Waals surface area contributed by atoms with Crippen molar-refractivity contribution in [1.29, 1.82) is 0 Å². The van der Waals surface area contributed by atoms with Crippen molar-refractivity contribution in [2.75, 3.05) is 25.5 Å². The third-order valence-electron chi connectivity index (χ3n) is 8.04. The quantitative estimate of drug-likeness (QED) is 0.586. The van der Waals surface area contributed by atoms with Crippen LogP contribution in [0.4, 0.5) is 5.13 Å². The smallest absolute Gasteiger partial charge is 0.226 e. The van der Waals surface area contributed by atoms with Gasteiger partial charge in [0.2, 0.25) is 5.91 Å². The largest absolute Gasteiger partial charge is 0.392 e. The molecule has 6 unspecified atom stereocenters. The number of rotatable bonds is 7. The summed E-state index contributed by atoms with van der Waals surface area (Å²) in [6.07, 6.45) is 10.3. The van der Waals surface area contributed by atoms with Crippen molar-refractivity contribution in [3.8, 4) is 12.3 Å². The molecule has 1 amide bonds. The predicted molar refractivity (Wildman–Crippen MR) is 137 cm³/mol. The van der Waals surface area contributed by atoms with Crippen LogP contribution in [0.1, 0.15) is 55.8 Å². The second-order valence-corrected chi connectivity index (χ2v) is 11.4. The number of aliphatic hydroxyl groups excluding tert-OH is 1. The van der Waals surface area contributed by atoms with E-state index in [0.29, 0.717) is 6.54 Å². The summed E-state index contributed by atoms with van der Waals surface area (Å²) in [4.78, 5) is 25.2. The van der Waals surface area contributed by atoms with Crippen LogP contribution in [0.15, 0.2) is 24.4 Å². The molecular weight excluding hydrogens is 444 g/mol. The number of carbonyl (C=O) groups excluding carboxylic acids is 1. The maximum atomic E-state index is 12.9. The molecule has 2 aliphatic carbocycles. The van der Waals surface area contributed by atoms with E-state index in [1.165, 1.54) is 4.88 Å². The summed E-state index contributed by atoms with van der Waals surface area (Å²) in [6, 6.07) is 5.98. The Labute approximate surface area is 207 Å². The zero-order valence-electron chi connectivity index (χ0n) is 20.6. The van der Waals surface area contributed by atoms with Crippen molar-refractivity contribution in [1.82, 2.24) is 14.9 Å². The Hall–Kier alpha value is -2.43. The first-order valence-corrected chi connectivity index (χ1v) is 13.1. The van der Waals surface area contributed by atoms with E-state index in [0.717, 1.165) is 48.7 Å². The molecule has 0 saturated heterocycles. The molecule has 2 N–H and O–H groups in total. The molecule has 2 aromatic heterocycles. The number of pyridine rings is 1. The first-order valence-electron chi connectivity index (χ1n) is 12.2. The van der Waals surface area contributed by atoms with Gasteiger partial charge in [0.25, 0.3) is 0 Å². The number of fused-ring (bicyclic) bond motifs is 2. The van der Waals surface area contributed by atoms with Gasteiger partial charge in [-0.3, -0.25) is 9.78 Å². The van der Waals surface area contributed by atoms with Crippen LogP contribution in [0.2, 0.25) is 0 Å². The highest BCUT2D eigenvalue weighted by atomic mass is 32.1. The van der Waals surface area contributed by atoms with Crippen LogP contribution < -0.4 is 5.32 Å². The Morgan fingerprint density at radius 3 is 2.97 bits per heavy atom. The van der Waals surface area contributed by atoms with Crippen LogP contribution in [0, 0.1) is 35.5 Å². The Balaban J connectivity index is 1.47. The summed E-state index contributed by atoms with van der Waals surface area (Å²) in [7, 11) is 1.74. The van der Waals surface area contributed by atoms with Crippen molar-refractivity contribution in [3.05, 3.63) is 40.7 Å². The minimum atomic E-state index is -0.539. The molecule has 6 atom stereocenters. The first-order chi connectivity index (χ1) is 16.2. The molecule has 1 fully saturated rings. The number of anilines is 1. The molecular formula is C27H36N4O2S. The van der Waals surface area contributed by atoms with Crippen LogP contribution in [0.5, 0.6) is 0 Å². The second kappa shape index (κ2) is 10.1. The SMILES string of the molecule is C#CCN(C)C(=O)C(C)C1CCC2(C)Cc3sc(NCCc4ccccn4)nc3C(C)C2C1O. The van der Waals surface area contributed by atoms with Crippen LogP contribution in [-0.2, 0) is 17.6 Å². The molecule has 6 nitrogen and oxygen atoms in total. The van der Waals surface area contributed by atoms with E-state index in [-0.39, 0.29) is 35.0 Å². The standard InChI is InChI=1S/C27H36N4O2S/c1-6-15-31(5)25(33)17(2)20-10-12-27(4)16-21-23(18(3)22(27)24(20)32)30-26(34-21)29-14-11-19-9-7-8-13-28-19/h1,7-9,13,17-18,20,22,24,32H,10-12,14-16H2,2-5H3,(H,29,30). The molecule has 7 heteroatoms. The Morgan fingerprint density at radius 1 is 1.47 bits per heavy atom.